The molecule has 0 bridgehead atoms. The third-order valence-electron chi connectivity index (χ3n) is 6.18. The zero-order valence-corrected chi connectivity index (χ0v) is 19.7. The van der Waals surface area contributed by atoms with Gasteiger partial charge in [0.15, 0.2) is 0 Å². The first-order chi connectivity index (χ1) is 16.6. The summed E-state index contributed by atoms with van der Waals surface area (Å²) >= 11 is 0. The lowest BCUT2D eigenvalue weighted by Gasteiger charge is -2.25. The van der Waals surface area contributed by atoms with E-state index in [0.29, 0.717) is 36.8 Å². The second-order valence-electron chi connectivity index (χ2n) is 8.46. The van der Waals surface area contributed by atoms with Crippen LogP contribution in [0.1, 0.15) is 29.3 Å². The summed E-state index contributed by atoms with van der Waals surface area (Å²) in [7, 11) is 0. The summed E-state index contributed by atoms with van der Waals surface area (Å²) in [5, 5.41) is 2.80. The highest BCUT2D eigenvalue weighted by Gasteiger charge is 2.25. The number of aromatic nitrogens is 3. The van der Waals surface area contributed by atoms with Gasteiger partial charge in [-0.25, -0.2) is 14.4 Å². The molecule has 0 radical (unpaired) electrons. The Balaban J connectivity index is 0.00000253. The molecule has 0 unspecified atom stereocenters. The number of halogens is 1. The number of hydrogen-bond donors (Lipinski definition) is 2. The average Bonchev–Trinajstić information content (AvgIpc) is 3.34. The number of pyridine rings is 1. The van der Waals surface area contributed by atoms with Gasteiger partial charge in [-0.2, -0.15) is 13.5 Å². The number of benzene rings is 2. The molecule has 0 spiro atoms. The number of carbonyl (C=O) groups excluding carboxylic acids is 1. The summed E-state index contributed by atoms with van der Waals surface area (Å²) in [6.07, 6.45) is 5.15. The Bertz CT molecular complexity index is 1390. The highest BCUT2D eigenvalue weighted by atomic mass is 32.1. The van der Waals surface area contributed by atoms with Crippen molar-refractivity contribution in [3.8, 4) is 28.5 Å². The minimum absolute atomic E-state index is 0. The first-order valence-corrected chi connectivity index (χ1v) is 11.1. The minimum atomic E-state index is -0.268. The molecule has 2 aliphatic rings. The van der Waals surface area contributed by atoms with Gasteiger partial charge >= 0.3 is 0 Å². The number of H-pyrrole nitrogens is 1. The Hall–Kier alpha value is -3.85. The van der Waals surface area contributed by atoms with Crippen molar-refractivity contribution >= 4 is 25.2 Å². The average molecular weight is 491 g/mol. The summed E-state index contributed by atoms with van der Waals surface area (Å²) in [4.78, 5) is 23.8. The van der Waals surface area contributed by atoms with E-state index >= 15 is 0 Å². The fourth-order valence-electron chi connectivity index (χ4n) is 4.41. The first kappa shape index (κ1) is 22.9. The molecule has 1 amide bonds. The summed E-state index contributed by atoms with van der Waals surface area (Å²) in [5.74, 6) is 3.36. The Morgan fingerprint density at radius 1 is 1.06 bits per heavy atom. The van der Waals surface area contributed by atoms with Crippen molar-refractivity contribution in [2.24, 2.45) is 0 Å². The third kappa shape index (κ3) is 4.59. The zero-order chi connectivity index (χ0) is 23.1. The molecule has 0 saturated carbocycles. The van der Waals surface area contributed by atoms with E-state index in [0.717, 1.165) is 40.4 Å². The number of ether oxygens (including phenoxy) is 2. The number of imidazole rings is 1. The van der Waals surface area contributed by atoms with Gasteiger partial charge in [-0.15, -0.1) is 0 Å². The van der Waals surface area contributed by atoms with Crippen LogP contribution < -0.4 is 14.8 Å². The van der Waals surface area contributed by atoms with Crippen molar-refractivity contribution in [2.45, 2.75) is 25.2 Å². The molecule has 0 fully saturated rings. The maximum absolute atomic E-state index is 13.2. The SMILES string of the molecule is O=C1CCc2c(Oc3ccc4c(c3)C[C@@H](c3ncc(-c5ccc(F)cc5)[nH]3)CO4)ccnc2N1.S. The van der Waals surface area contributed by atoms with Crippen LogP contribution >= 0.6 is 13.5 Å². The molecule has 1 atom stereocenters. The molecule has 35 heavy (non-hydrogen) atoms. The molecular formula is C26H23FN4O3S. The van der Waals surface area contributed by atoms with Crippen LogP contribution in [-0.4, -0.2) is 27.5 Å². The lowest BCUT2D eigenvalue weighted by atomic mass is 9.96. The van der Waals surface area contributed by atoms with E-state index in [1.165, 1.54) is 12.1 Å². The topological polar surface area (TPSA) is 89.1 Å². The standard InChI is InChI=1S/C26H21FN4O3.H2S/c27-18-3-1-15(2-4-18)21-13-29-25(30-21)17-11-16-12-19(5-7-22(16)33-14-17)34-23-9-10-28-26-20(23)6-8-24(32)31-26;/h1-5,7,9-10,12-13,17H,6,8,11,14H2,(H,29,30)(H,28,31,32);1H2/t17-;/m1./s1. The molecule has 0 saturated heterocycles. The van der Waals surface area contributed by atoms with Gasteiger partial charge < -0.3 is 19.8 Å². The molecule has 4 aromatic rings. The van der Waals surface area contributed by atoms with E-state index in [-0.39, 0.29) is 31.1 Å². The number of hydrogen-bond acceptors (Lipinski definition) is 5. The maximum Gasteiger partial charge on any atom is 0.225 e. The Morgan fingerprint density at radius 2 is 1.91 bits per heavy atom. The molecule has 2 aromatic heterocycles. The Kier molecular flexibility index (Phi) is 6.17. The quantitative estimate of drug-likeness (QED) is 0.415. The molecule has 2 aliphatic heterocycles. The molecule has 6 rings (SSSR count). The summed E-state index contributed by atoms with van der Waals surface area (Å²) < 4.78 is 25.4. The lowest BCUT2D eigenvalue weighted by molar-refractivity contribution is -0.116. The van der Waals surface area contributed by atoms with Gasteiger partial charge in [0.2, 0.25) is 5.91 Å². The van der Waals surface area contributed by atoms with Crippen LogP contribution in [0.4, 0.5) is 10.2 Å². The monoisotopic (exact) mass is 490 g/mol. The van der Waals surface area contributed by atoms with E-state index in [4.69, 9.17) is 9.47 Å². The van der Waals surface area contributed by atoms with Crippen LogP contribution in [-0.2, 0) is 17.6 Å². The summed E-state index contributed by atoms with van der Waals surface area (Å²) in [5.41, 5.74) is 3.65. The van der Waals surface area contributed by atoms with Gasteiger partial charge in [-0.05, 0) is 72.5 Å². The molecule has 7 nitrogen and oxygen atoms in total. The first-order valence-electron chi connectivity index (χ1n) is 11.1. The Morgan fingerprint density at radius 3 is 2.77 bits per heavy atom. The lowest BCUT2D eigenvalue weighted by Crippen LogP contribution is -2.20. The van der Waals surface area contributed by atoms with Gasteiger partial charge in [0.25, 0.3) is 0 Å². The molecule has 0 aliphatic carbocycles. The van der Waals surface area contributed by atoms with Crippen LogP contribution in [0.25, 0.3) is 11.3 Å². The van der Waals surface area contributed by atoms with E-state index in [2.05, 4.69) is 20.3 Å². The van der Waals surface area contributed by atoms with Crippen molar-refractivity contribution in [3.63, 3.8) is 0 Å². The number of amides is 1. The van der Waals surface area contributed by atoms with Crippen LogP contribution in [0.5, 0.6) is 17.2 Å². The number of rotatable bonds is 4. The minimum Gasteiger partial charge on any atom is -0.493 e. The van der Waals surface area contributed by atoms with Crippen LogP contribution in [0.15, 0.2) is 60.9 Å². The number of anilines is 1. The van der Waals surface area contributed by atoms with Crippen LogP contribution in [0, 0.1) is 5.82 Å². The summed E-state index contributed by atoms with van der Waals surface area (Å²) in [6, 6.07) is 13.9. The van der Waals surface area contributed by atoms with Crippen LogP contribution in [0.3, 0.4) is 0 Å². The van der Waals surface area contributed by atoms with Crippen molar-refractivity contribution in [1.29, 1.82) is 0 Å². The summed E-state index contributed by atoms with van der Waals surface area (Å²) in [6.45, 7) is 0.515. The van der Waals surface area contributed by atoms with Gasteiger partial charge in [-0.1, -0.05) is 0 Å². The fourth-order valence-corrected chi connectivity index (χ4v) is 4.41. The second-order valence-corrected chi connectivity index (χ2v) is 8.46. The fraction of sp³-hybridized carbons (Fsp3) is 0.192. The van der Waals surface area contributed by atoms with Gasteiger partial charge in [0.05, 0.1) is 24.4 Å². The zero-order valence-electron chi connectivity index (χ0n) is 18.7. The maximum atomic E-state index is 13.2. The number of nitrogens with one attached hydrogen (secondary N) is 2. The number of aromatic amines is 1. The number of carbonyl (C=O) groups is 1. The second kappa shape index (κ2) is 9.42. The molecule has 2 N–H and O–H groups in total. The van der Waals surface area contributed by atoms with Crippen molar-refractivity contribution < 1.29 is 18.7 Å². The van der Waals surface area contributed by atoms with Gasteiger partial charge in [0.1, 0.15) is 34.7 Å². The van der Waals surface area contributed by atoms with Crippen molar-refractivity contribution in [1.82, 2.24) is 15.0 Å². The predicted molar refractivity (Wildman–Crippen MR) is 134 cm³/mol. The largest absolute Gasteiger partial charge is 0.493 e. The van der Waals surface area contributed by atoms with Gasteiger partial charge in [0, 0.05) is 18.2 Å². The number of nitrogens with zero attached hydrogens (tertiary/aromatic N) is 2. The molecular weight excluding hydrogens is 467 g/mol. The molecule has 4 heterocycles. The van der Waals surface area contributed by atoms with E-state index in [1.807, 2.05) is 24.3 Å². The molecule has 9 heteroatoms. The van der Waals surface area contributed by atoms with E-state index in [1.54, 1.807) is 24.5 Å². The highest BCUT2D eigenvalue weighted by Crippen LogP contribution is 2.37. The third-order valence-corrected chi connectivity index (χ3v) is 6.18. The van der Waals surface area contributed by atoms with E-state index in [9.17, 15) is 9.18 Å². The van der Waals surface area contributed by atoms with Crippen LogP contribution in [0.2, 0.25) is 0 Å². The normalized spacial score (nSPS) is 16.3. The van der Waals surface area contributed by atoms with Crippen molar-refractivity contribution in [3.05, 3.63) is 83.7 Å². The van der Waals surface area contributed by atoms with Crippen molar-refractivity contribution in [2.75, 3.05) is 11.9 Å². The predicted octanol–water partition coefficient (Wildman–Crippen LogP) is 5.12. The highest BCUT2D eigenvalue weighted by molar-refractivity contribution is 7.59. The van der Waals surface area contributed by atoms with Gasteiger partial charge in [-0.3, -0.25) is 4.79 Å². The molecule has 2 aromatic carbocycles. The van der Waals surface area contributed by atoms with E-state index < -0.39 is 0 Å². The smallest absolute Gasteiger partial charge is 0.225 e. The number of fused-ring (bicyclic) bond motifs is 2. The Labute approximate surface area is 208 Å². The molecule has 178 valence electrons.